The zero-order valence-corrected chi connectivity index (χ0v) is 19.6. The molecule has 3 aromatic carbocycles. The van der Waals surface area contributed by atoms with Crippen molar-refractivity contribution < 1.29 is 27.0 Å². The van der Waals surface area contributed by atoms with E-state index in [4.69, 9.17) is 25.8 Å². The Kier molecular flexibility index (Phi) is 7.16. The molecule has 0 aliphatic carbocycles. The van der Waals surface area contributed by atoms with E-state index < -0.39 is 21.9 Å². The Bertz CT molecular complexity index is 1220. The summed E-state index contributed by atoms with van der Waals surface area (Å²) in [5.74, 6) is 0.796. The van der Waals surface area contributed by atoms with Crippen molar-refractivity contribution >= 4 is 27.3 Å². The van der Waals surface area contributed by atoms with E-state index in [0.29, 0.717) is 28.5 Å². The number of rotatable bonds is 8. The molecule has 3 rings (SSSR count). The van der Waals surface area contributed by atoms with E-state index in [-0.39, 0.29) is 9.92 Å². The Labute approximate surface area is 192 Å². The van der Waals surface area contributed by atoms with Crippen LogP contribution in [0.1, 0.15) is 18.5 Å². The Morgan fingerprint density at radius 1 is 0.906 bits per heavy atom. The number of anilines is 1. The predicted molar refractivity (Wildman–Crippen MR) is 122 cm³/mol. The molecule has 0 unspecified atom stereocenters. The molecule has 3 aromatic rings. The van der Waals surface area contributed by atoms with Crippen molar-refractivity contribution in [3.05, 3.63) is 77.1 Å². The van der Waals surface area contributed by atoms with Crippen LogP contribution in [0.15, 0.2) is 65.6 Å². The first-order valence-corrected chi connectivity index (χ1v) is 11.4. The number of methoxy groups -OCH3 is 3. The second-order valence-electron chi connectivity index (χ2n) is 6.86. The molecule has 1 atom stereocenters. The highest BCUT2D eigenvalue weighted by Gasteiger charge is 2.33. The Morgan fingerprint density at radius 3 is 2.22 bits per heavy atom. The van der Waals surface area contributed by atoms with Gasteiger partial charge in [0.05, 0.1) is 43.0 Å². The Morgan fingerprint density at radius 2 is 1.59 bits per heavy atom. The average Bonchev–Trinajstić information content (AvgIpc) is 2.80. The lowest BCUT2D eigenvalue weighted by molar-refractivity contribution is 0.396. The lowest BCUT2D eigenvalue weighted by Crippen LogP contribution is -2.34. The van der Waals surface area contributed by atoms with Crippen LogP contribution >= 0.6 is 11.6 Å². The normalized spacial score (nSPS) is 12.2. The van der Waals surface area contributed by atoms with Gasteiger partial charge in [0.15, 0.2) is 0 Å². The minimum atomic E-state index is -4.18. The number of hydrogen-bond acceptors (Lipinski definition) is 5. The van der Waals surface area contributed by atoms with Gasteiger partial charge in [0.25, 0.3) is 10.0 Å². The van der Waals surface area contributed by atoms with Crippen LogP contribution in [0.5, 0.6) is 17.2 Å². The molecule has 0 aliphatic rings. The lowest BCUT2D eigenvalue weighted by atomic mass is 10.1. The fraction of sp³-hybridized carbons (Fsp3) is 0.217. The van der Waals surface area contributed by atoms with Gasteiger partial charge in [-0.25, -0.2) is 12.8 Å². The lowest BCUT2D eigenvalue weighted by Gasteiger charge is -2.32. The topological polar surface area (TPSA) is 65.1 Å². The van der Waals surface area contributed by atoms with Gasteiger partial charge in [-0.2, -0.15) is 0 Å². The third kappa shape index (κ3) is 4.61. The Hall–Kier alpha value is -2.97. The molecule has 0 radical (unpaired) electrons. The highest BCUT2D eigenvalue weighted by Crippen LogP contribution is 2.39. The quantitative estimate of drug-likeness (QED) is 0.429. The molecule has 0 heterocycles. The number of ether oxygens (including phenoxy) is 3. The van der Waals surface area contributed by atoms with Crippen molar-refractivity contribution in [2.24, 2.45) is 0 Å². The van der Waals surface area contributed by atoms with Gasteiger partial charge in [-0.3, -0.25) is 4.31 Å². The molecule has 0 aliphatic heterocycles. The van der Waals surface area contributed by atoms with E-state index in [1.807, 2.05) is 0 Å². The van der Waals surface area contributed by atoms with Gasteiger partial charge in [-0.1, -0.05) is 17.7 Å². The first kappa shape index (κ1) is 23.7. The number of halogens is 2. The molecule has 0 bridgehead atoms. The first-order valence-electron chi connectivity index (χ1n) is 9.58. The maximum Gasteiger partial charge on any atom is 0.264 e. The molecular weight excluding hydrogens is 457 g/mol. The molecule has 9 heteroatoms. The van der Waals surface area contributed by atoms with Gasteiger partial charge in [0.2, 0.25) is 0 Å². The van der Waals surface area contributed by atoms with E-state index in [1.165, 1.54) is 31.7 Å². The van der Waals surface area contributed by atoms with Crippen LogP contribution in [-0.4, -0.2) is 29.7 Å². The third-order valence-electron chi connectivity index (χ3n) is 4.99. The van der Waals surface area contributed by atoms with Crippen molar-refractivity contribution in [3.8, 4) is 17.2 Å². The predicted octanol–water partition coefficient (Wildman–Crippen LogP) is 5.46. The molecule has 6 nitrogen and oxygen atoms in total. The Balaban J connectivity index is 2.24. The van der Waals surface area contributed by atoms with E-state index in [9.17, 15) is 12.8 Å². The second kappa shape index (κ2) is 9.67. The minimum Gasteiger partial charge on any atom is -0.497 e. The number of sulfonamides is 1. The van der Waals surface area contributed by atoms with E-state index in [0.717, 1.165) is 12.1 Å². The first-order chi connectivity index (χ1) is 15.2. The summed E-state index contributed by atoms with van der Waals surface area (Å²) >= 11 is 5.89. The molecule has 32 heavy (non-hydrogen) atoms. The summed E-state index contributed by atoms with van der Waals surface area (Å²) in [7, 11) is 0.336. The summed E-state index contributed by atoms with van der Waals surface area (Å²) in [6.07, 6.45) is 0. The van der Waals surface area contributed by atoms with Crippen LogP contribution in [0, 0.1) is 5.82 Å². The number of hydrogen-bond donors (Lipinski definition) is 0. The smallest absolute Gasteiger partial charge is 0.264 e. The van der Waals surface area contributed by atoms with Gasteiger partial charge in [0, 0.05) is 11.6 Å². The fourth-order valence-corrected chi connectivity index (χ4v) is 5.26. The summed E-state index contributed by atoms with van der Waals surface area (Å²) in [6.45, 7) is 1.72. The van der Waals surface area contributed by atoms with Crippen LogP contribution < -0.4 is 18.5 Å². The van der Waals surface area contributed by atoms with Crippen LogP contribution in [-0.2, 0) is 10.0 Å². The molecule has 0 amide bonds. The molecule has 0 saturated heterocycles. The van der Waals surface area contributed by atoms with Crippen LogP contribution in [0.4, 0.5) is 10.1 Å². The highest BCUT2D eigenvalue weighted by atomic mass is 35.5. The van der Waals surface area contributed by atoms with Gasteiger partial charge < -0.3 is 14.2 Å². The summed E-state index contributed by atoms with van der Waals surface area (Å²) in [5.41, 5.74) is 0.925. The summed E-state index contributed by atoms with van der Waals surface area (Å²) < 4.78 is 58.6. The third-order valence-corrected chi connectivity index (χ3v) is 7.18. The van der Waals surface area contributed by atoms with Gasteiger partial charge in [-0.05, 0) is 55.5 Å². The van der Waals surface area contributed by atoms with E-state index in [2.05, 4.69) is 0 Å². The monoisotopic (exact) mass is 479 g/mol. The molecular formula is C23H23ClFNO5S. The zero-order valence-electron chi connectivity index (χ0n) is 18.0. The van der Waals surface area contributed by atoms with Crippen molar-refractivity contribution in [2.45, 2.75) is 17.9 Å². The van der Waals surface area contributed by atoms with Crippen LogP contribution in [0.25, 0.3) is 0 Å². The maximum atomic E-state index is 13.8. The summed E-state index contributed by atoms with van der Waals surface area (Å²) in [6, 6.07) is 14.3. The van der Waals surface area contributed by atoms with Gasteiger partial charge in [-0.15, -0.1) is 0 Å². The highest BCUT2D eigenvalue weighted by molar-refractivity contribution is 7.92. The molecule has 0 aromatic heterocycles. The van der Waals surface area contributed by atoms with Crippen LogP contribution in [0.2, 0.25) is 5.02 Å². The molecule has 0 spiro atoms. The van der Waals surface area contributed by atoms with Gasteiger partial charge >= 0.3 is 0 Å². The van der Waals surface area contributed by atoms with E-state index >= 15 is 0 Å². The zero-order chi connectivity index (χ0) is 23.5. The maximum absolute atomic E-state index is 13.8. The van der Waals surface area contributed by atoms with E-state index in [1.54, 1.807) is 49.4 Å². The van der Waals surface area contributed by atoms with Crippen molar-refractivity contribution in [2.75, 3.05) is 25.6 Å². The molecule has 0 N–H and O–H groups in total. The second-order valence-corrected chi connectivity index (χ2v) is 9.08. The summed E-state index contributed by atoms with van der Waals surface area (Å²) in [5, 5.41) is -0.289. The molecule has 0 saturated carbocycles. The molecule has 0 fully saturated rings. The number of nitrogens with zero attached hydrogens (tertiary/aromatic N) is 1. The van der Waals surface area contributed by atoms with Crippen molar-refractivity contribution in [1.82, 2.24) is 0 Å². The van der Waals surface area contributed by atoms with Crippen LogP contribution in [0.3, 0.4) is 0 Å². The van der Waals surface area contributed by atoms with Crippen molar-refractivity contribution in [3.63, 3.8) is 0 Å². The van der Waals surface area contributed by atoms with Crippen molar-refractivity contribution in [1.29, 1.82) is 0 Å². The standard InChI is InChI=1S/C23H23ClFNO5S/c1-15(20-13-18(30-3)8-11-23(20)31-4)26(16-6-5-7-17(12-16)29-2)32(27,28)19-9-10-22(25)21(24)14-19/h5-15H,1-4H3/t15-/m0/s1. The van der Waals surface area contributed by atoms with Gasteiger partial charge in [0.1, 0.15) is 23.1 Å². The molecule has 170 valence electrons. The largest absolute Gasteiger partial charge is 0.497 e. The SMILES string of the molecule is COc1cccc(N([C@@H](C)c2cc(OC)ccc2OC)S(=O)(=O)c2ccc(F)c(Cl)c2)c1. The number of benzene rings is 3. The average molecular weight is 480 g/mol. The minimum absolute atomic E-state index is 0.152. The fourth-order valence-electron chi connectivity index (χ4n) is 3.36. The summed E-state index contributed by atoms with van der Waals surface area (Å²) in [4.78, 5) is -0.152.